The minimum Gasteiger partial charge on any atom is -0.492 e. The Bertz CT molecular complexity index is 204. The number of allylic oxidation sites excluding steroid dienone is 3. The van der Waals surface area contributed by atoms with Gasteiger partial charge in [-0.3, -0.25) is 0 Å². The summed E-state index contributed by atoms with van der Waals surface area (Å²) in [4.78, 5) is 0. The molecule has 0 bridgehead atoms. The molecule has 62 valence electrons. The first-order valence-electron chi connectivity index (χ1n) is 3.96. The van der Waals surface area contributed by atoms with Gasteiger partial charge in [0.25, 0.3) is 0 Å². The lowest BCUT2D eigenvalue weighted by molar-refractivity contribution is 0.263. The van der Waals surface area contributed by atoms with E-state index in [4.69, 9.17) is 16.3 Å². The first-order valence-corrected chi connectivity index (χ1v) is 4.34. The average Bonchev–Trinajstić information content (AvgIpc) is 2.50. The summed E-state index contributed by atoms with van der Waals surface area (Å²) in [6.07, 6.45) is 3.93. The molecule has 0 atom stereocenters. The molecule has 1 nitrogen and oxygen atoms in total. The van der Waals surface area contributed by atoms with E-state index in [-0.39, 0.29) is 0 Å². The molecule has 11 heavy (non-hydrogen) atoms. The van der Waals surface area contributed by atoms with Crippen molar-refractivity contribution in [1.82, 2.24) is 0 Å². The molecule has 1 fully saturated rings. The SMILES string of the molecule is C/C=C1/CCO/C1=C(\Cl)CC. The van der Waals surface area contributed by atoms with Crippen molar-refractivity contribution in [3.63, 3.8) is 0 Å². The number of hydrogen-bond donors (Lipinski definition) is 0. The minimum atomic E-state index is 0.783. The van der Waals surface area contributed by atoms with Crippen LogP contribution in [0.15, 0.2) is 22.4 Å². The standard InChI is InChI=1S/C9H13ClO/c1-3-7-5-6-11-9(7)8(10)4-2/h3H,4-6H2,1-2H3/b7-3-,9-8-. The minimum absolute atomic E-state index is 0.783. The zero-order chi connectivity index (χ0) is 8.27. The highest BCUT2D eigenvalue weighted by Crippen LogP contribution is 2.29. The van der Waals surface area contributed by atoms with E-state index >= 15 is 0 Å². The highest BCUT2D eigenvalue weighted by atomic mass is 35.5. The zero-order valence-electron chi connectivity index (χ0n) is 6.98. The van der Waals surface area contributed by atoms with Crippen molar-refractivity contribution in [1.29, 1.82) is 0 Å². The fourth-order valence-electron chi connectivity index (χ4n) is 1.16. The van der Waals surface area contributed by atoms with E-state index < -0.39 is 0 Å². The van der Waals surface area contributed by atoms with Crippen molar-refractivity contribution in [2.24, 2.45) is 0 Å². The molecule has 1 saturated heterocycles. The summed E-state index contributed by atoms with van der Waals surface area (Å²) in [6, 6.07) is 0. The van der Waals surface area contributed by atoms with E-state index in [0.717, 1.165) is 30.2 Å². The van der Waals surface area contributed by atoms with Gasteiger partial charge in [-0.15, -0.1) is 0 Å². The molecule has 0 unspecified atom stereocenters. The predicted molar refractivity (Wildman–Crippen MR) is 47.5 cm³/mol. The van der Waals surface area contributed by atoms with Crippen LogP contribution in [0.2, 0.25) is 0 Å². The van der Waals surface area contributed by atoms with E-state index in [1.807, 2.05) is 13.8 Å². The van der Waals surface area contributed by atoms with Crippen LogP contribution >= 0.6 is 11.6 Å². The molecule has 1 rings (SSSR count). The van der Waals surface area contributed by atoms with Crippen molar-refractivity contribution in [2.75, 3.05) is 6.61 Å². The third-order valence-electron chi connectivity index (χ3n) is 1.81. The molecular weight excluding hydrogens is 160 g/mol. The quantitative estimate of drug-likeness (QED) is 0.590. The maximum absolute atomic E-state index is 5.96. The van der Waals surface area contributed by atoms with Gasteiger partial charge in [-0.05, 0) is 18.9 Å². The number of ether oxygens (including phenoxy) is 1. The van der Waals surface area contributed by atoms with Gasteiger partial charge in [-0.1, -0.05) is 24.6 Å². The normalized spacial score (nSPS) is 25.5. The van der Waals surface area contributed by atoms with Crippen molar-refractivity contribution < 1.29 is 4.74 Å². The summed E-state index contributed by atoms with van der Waals surface area (Å²) in [6.45, 7) is 4.83. The second-order valence-electron chi connectivity index (χ2n) is 2.50. The van der Waals surface area contributed by atoms with Crippen LogP contribution in [0.4, 0.5) is 0 Å². The molecular formula is C9H13ClO. The molecule has 1 heterocycles. The Hall–Kier alpha value is -0.430. The molecule has 0 aromatic rings. The monoisotopic (exact) mass is 172 g/mol. The molecule has 0 saturated carbocycles. The third kappa shape index (κ3) is 1.78. The van der Waals surface area contributed by atoms with Crippen molar-refractivity contribution >= 4 is 11.6 Å². The Morgan fingerprint density at radius 2 is 2.45 bits per heavy atom. The van der Waals surface area contributed by atoms with Gasteiger partial charge in [-0.25, -0.2) is 0 Å². The summed E-state index contributed by atoms with van der Waals surface area (Å²) in [5.41, 5.74) is 1.25. The van der Waals surface area contributed by atoms with E-state index in [1.54, 1.807) is 0 Å². The molecule has 2 heteroatoms. The van der Waals surface area contributed by atoms with Gasteiger partial charge in [0.1, 0.15) is 5.76 Å². The Labute approximate surface area is 72.7 Å². The van der Waals surface area contributed by atoms with Gasteiger partial charge >= 0.3 is 0 Å². The number of halogens is 1. The molecule has 0 N–H and O–H groups in total. The molecule has 0 amide bonds. The van der Waals surface area contributed by atoms with E-state index in [2.05, 4.69) is 6.08 Å². The Morgan fingerprint density at radius 3 is 3.00 bits per heavy atom. The van der Waals surface area contributed by atoms with Crippen LogP contribution in [-0.4, -0.2) is 6.61 Å². The second-order valence-corrected chi connectivity index (χ2v) is 2.96. The van der Waals surface area contributed by atoms with Gasteiger partial charge in [0.15, 0.2) is 0 Å². The highest BCUT2D eigenvalue weighted by molar-refractivity contribution is 6.30. The van der Waals surface area contributed by atoms with Crippen molar-refractivity contribution in [2.45, 2.75) is 26.7 Å². The van der Waals surface area contributed by atoms with Crippen LogP contribution in [0.3, 0.4) is 0 Å². The van der Waals surface area contributed by atoms with Crippen LogP contribution in [0, 0.1) is 0 Å². The predicted octanol–water partition coefficient (Wildman–Crippen LogP) is 3.21. The summed E-state index contributed by atoms with van der Waals surface area (Å²) >= 11 is 5.96. The van der Waals surface area contributed by atoms with Gasteiger partial charge in [0.2, 0.25) is 0 Å². The molecule has 0 aromatic carbocycles. The fraction of sp³-hybridized carbons (Fsp3) is 0.556. The van der Waals surface area contributed by atoms with Crippen molar-refractivity contribution in [3.8, 4) is 0 Å². The van der Waals surface area contributed by atoms with Crippen molar-refractivity contribution in [3.05, 3.63) is 22.4 Å². The van der Waals surface area contributed by atoms with E-state index in [0.29, 0.717) is 0 Å². The molecule has 0 aromatic heterocycles. The van der Waals surface area contributed by atoms with Gasteiger partial charge < -0.3 is 4.74 Å². The Kier molecular flexibility index (Phi) is 3.01. The Balaban J connectivity index is 2.87. The molecule has 1 aliphatic heterocycles. The maximum atomic E-state index is 5.96. The summed E-state index contributed by atoms with van der Waals surface area (Å²) in [5.74, 6) is 0.914. The molecule has 0 spiro atoms. The summed E-state index contributed by atoms with van der Waals surface area (Å²) in [5, 5.41) is 0.843. The smallest absolute Gasteiger partial charge is 0.136 e. The van der Waals surface area contributed by atoms with Crippen LogP contribution in [0.5, 0.6) is 0 Å². The van der Waals surface area contributed by atoms with Crippen LogP contribution in [-0.2, 0) is 4.74 Å². The first kappa shape index (κ1) is 8.66. The maximum Gasteiger partial charge on any atom is 0.136 e. The second kappa shape index (κ2) is 3.82. The average molecular weight is 173 g/mol. The van der Waals surface area contributed by atoms with Gasteiger partial charge in [0.05, 0.1) is 11.6 Å². The lowest BCUT2D eigenvalue weighted by Crippen LogP contribution is -1.85. The largest absolute Gasteiger partial charge is 0.492 e. The summed E-state index contributed by atoms with van der Waals surface area (Å²) < 4.78 is 5.39. The summed E-state index contributed by atoms with van der Waals surface area (Å²) in [7, 11) is 0. The first-order chi connectivity index (χ1) is 5.29. The third-order valence-corrected chi connectivity index (χ3v) is 2.25. The highest BCUT2D eigenvalue weighted by Gasteiger charge is 2.16. The number of hydrogen-bond acceptors (Lipinski definition) is 1. The van der Waals surface area contributed by atoms with E-state index in [9.17, 15) is 0 Å². The van der Waals surface area contributed by atoms with Gasteiger partial charge in [-0.2, -0.15) is 0 Å². The van der Waals surface area contributed by atoms with Crippen LogP contribution in [0.25, 0.3) is 0 Å². The number of rotatable bonds is 1. The molecule has 0 radical (unpaired) electrons. The van der Waals surface area contributed by atoms with Crippen LogP contribution < -0.4 is 0 Å². The fourth-order valence-corrected chi connectivity index (χ4v) is 1.33. The Morgan fingerprint density at radius 1 is 1.73 bits per heavy atom. The molecule has 0 aliphatic carbocycles. The zero-order valence-corrected chi connectivity index (χ0v) is 7.74. The van der Waals surface area contributed by atoms with Crippen LogP contribution in [0.1, 0.15) is 26.7 Å². The van der Waals surface area contributed by atoms with E-state index in [1.165, 1.54) is 5.57 Å². The lowest BCUT2D eigenvalue weighted by atomic mass is 10.1. The lowest BCUT2D eigenvalue weighted by Gasteiger charge is -2.01. The topological polar surface area (TPSA) is 9.23 Å². The molecule has 1 aliphatic rings. The van der Waals surface area contributed by atoms with Gasteiger partial charge in [0, 0.05) is 6.42 Å².